The van der Waals surface area contributed by atoms with Gasteiger partial charge in [0.25, 0.3) is 5.69 Å². The number of non-ortho nitro benzene ring substituents is 1. The first-order valence-corrected chi connectivity index (χ1v) is 8.91. The number of halogens is 2. The maximum Gasteiger partial charge on any atom is 0.271 e. The molecule has 2 N–H and O–H groups in total. The SMILES string of the molecule is O=[N+]([O-])c1cccc(NC(=S)Nc2nn(Cc3ccc(F)cc3)cc2Br)c1. The van der Waals surface area contributed by atoms with Gasteiger partial charge >= 0.3 is 0 Å². The molecule has 0 radical (unpaired) electrons. The van der Waals surface area contributed by atoms with Crippen LogP contribution < -0.4 is 10.6 Å². The van der Waals surface area contributed by atoms with Crippen molar-refractivity contribution in [2.24, 2.45) is 0 Å². The van der Waals surface area contributed by atoms with E-state index in [-0.39, 0.29) is 16.6 Å². The molecule has 0 bridgehead atoms. The molecule has 0 aliphatic heterocycles. The molecule has 0 saturated carbocycles. The van der Waals surface area contributed by atoms with E-state index in [2.05, 4.69) is 31.7 Å². The maximum absolute atomic E-state index is 13.0. The van der Waals surface area contributed by atoms with Gasteiger partial charge in [0.15, 0.2) is 10.9 Å². The summed E-state index contributed by atoms with van der Waals surface area (Å²) in [4.78, 5) is 10.4. The van der Waals surface area contributed by atoms with Crippen molar-refractivity contribution in [3.63, 3.8) is 0 Å². The van der Waals surface area contributed by atoms with Gasteiger partial charge in [-0.3, -0.25) is 14.8 Å². The molecule has 7 nitrogen and oxygen atoms in total. The van der Waals surface area contributed by atoms with E-state index in [9.17, 15) is 14.5 Å². The van der Waals surface area contributed by atoms with Gasteiger partial charge < -0.3 is 10.6 Å². The summed E-state index contributed by atoms with van der Waals surface area (Å²) in [7, 11) is 0. The number of nitrogens with zero attached hydrogens (tertiary/aromatic N) is 3. The summed E-state index contributed by atoms with van der Waals surface area (Å²) in [6, 6.07) is 12.2. The molecule has 0 aliphatic carbocycles. The number of hydrogen-bond acceptors (Lipinski definition) is 4. The highest BCUT2D eigenvalue weighted by atomic mass is 79.9. The van der Waals surface area contributed by atoms with E-state index in [1.54, 1.807) is 35.1 Å². The molecule has 2 aromatic carbocycles. The van der Waals surface area contributed by atoms with E-state index in [0.29, 0.717) is 22.5 Å². The topological polar surface area (TPSA) is 85.0 Å². The van der Waals surface area contributed by atoms with Gasteiger partial charge in [-0.25, -0.2) is 4.39 Å². The molecule has 10 heteroatoms. The Morgan fingerprint density at radius 3 is 2.70 bits per heavy atom. The van der Waals surface area contributed by atoms with Crippen molar-refractivity contribution in [1.82, 2.24) is 9.78 Å². The number of aromatic nitrogens is 2. The van der Waals surface area contributed by atoms with Gasteiger partial charge in [0.05, 0.1) is 15.9 Å². The number of thiocarbonyl (C=S) groups is 1. The summed E-state index contributed by atoms with van der Waals surface area (Å²) < 4.78 is 15.4. The number of hydrogen-bond donors (Lipinski definition) is 2. The molecule has 0 aliphatic rings. The summed E-state index contributed by atoms with van der Waals surface area (Å²) in [5.41, 5.74) is 1.35. The van der Waals surface area contributed by atoms with E-state index in [4.69, 9.17) is 12.2 Å². The first-order chi connectivity index (χ1) is 12.9. The predicted molar refractivity (Wildman–Crippen MR) is 108 cm³/mol. The lowest BCUT2D eigenvalue weighted by Gasteiger charge is -2.09. The molecule has 1 heterocycles. The molecule has 138 valence electrons. The molecule has 3 aromatic rings. The average molecular weight is 450 g/mol. The van der Waals surface area contributed by atoms with Crippen LogP contribution in [0, 0.1) is 15.9 Å². The van der Waals surface area contributed by atoms with Gasteiger partial charge in [-0.15, -0.1) is 0 Å². The Morgan fingerprint density at radius 2 is 2.00 bits per heavy atom. The van der Waals surface area contributed by atoms with Gasteiger partial charge in [-0.2, -0.15) is 5.10 Å². The molecule has 0 unspecified atom stereocenters. The minimum absolute atomic E-state index is 0.0347. The van der Waals surface area contributed by atoms with Gasteiger partial charge in [0, 0.05) is 24.0 Å². The first-order valence-electron chi connectivity index (χ1n) is 7.70. The number of anilines is 2. The van der Waals surface area contributed by atoms with Gasteiger partial charge in [-0.05, 0) is 51.9 Å². The van der Waals surface area contributed by atoms with Crippen LogP contribution in [0.5, 0.6) is 0 Å². The zero-order valence-corrected chi connectivity index (χ0v) is 16.1. The molecular weight excluding hydrogens is 437 g/mol. The number of nitrogens with one attached hydrogen (secondary N) is 2. The highest BCUT2D eigenvalue weighted by molar-refractivity contribution is 9.10. The number of rotatable bonds is 5. The van der Waals surface area contributed by atoms with E-state index in [1.165, 1.54) is 24.3 Å². The summed E-state index contributed by atoms with van der Waals surface area (Å²) >= 11 is 8.64. The van der Waals surface area contributed by atoms with Crippen LogP contribution in [0.3, 0.4) is 0 Å². The average Bonchev–Trinajstić information content (AvgIpc) is 2.96. The zero-order valence-electron chi connectivity index (χ0n) is 13.7. The Labute approximate surface area is 167 Å². The summed E-state index contributed by atoms with van der Waals surface area (Å²) in [5.74, 6) is 0.195. The van der Waals surface area contributed by atoms with Crippen LogP contribution in [0.1, 0.15) is 5.56 Å². The number of benzene rings is 2. The smallest absolute Gasteiger partial charge is 0.271 e. The lowest BCUT2D eigenvalue weighted by molar-refractivity contribution is -0.384. The normalized spacial score (nSPS) is 10.4. The summed E-state index contributed by atoms with van der Waals surface area (Å²) in [6.45, 7) is 0.464. The predicted octanol–water partition coefficient (Wildman–Crippen LogP) is 4.55. The third kappa shape index (κ3) is 5.08. The van der Waals surface area contributed by atoms with Crippen molar-refractivity contribution in [2.45, 2.75) is 6.54 Å². The van der Waals surface area contributed by atoms with Crippen molar-refractivity contribution >= 4 is 50.5 Å². The molecule has 0 atom stereocenters. The Kier molecular flexibility index (Phi) is 5.77. The molecular formula is C17H13BrFN5O2S. The minimum atomic E-state index is -0.477. The molecule has 0 spiro atoms. The van der Waals surface area contributed by atoms with Crippen molar-refractivity contribution in [1.29, 1.82) is 0 Å². The Morgan fingerprint density at radius 1 is 1.26 bits per heavy atom. The van der Waals surface area contributed by atoms with Crippen LogP contribution in [0.4, 0.5) is 21.6 Å². The lowest BCUT2D eigenvalue weighted by atomic mass is 10.2. The third-order valence-electron chi connectivity index (χ3n) is 3.52. The van der Waals surface area contributed by atoms with Crippen LogP contribution in [0.15, 0.2) is 59.2 Å². The fraction of sp³-hybridized carbons (Fsp3) is 0.0588. The van der Waals surface area contributed by atoms with Crippen LogP contribution in [0.25, 0.3) is 0 Å². The minimum Gasteiger partial charge on any atom is -0.332 e. The molecule has 27 heavy (non-hydrogen) atoms. The monoisotopic (exact) mass is 449 g/mol. The summed E-state index contributed by atoms with van der Waals surface area (Å²) in [5, 5.41) is 21.3. The molecule has 3 rings (SSSR count). The van der Waals surface area contributed by atoms with Crippen molar-refractivity contribution in [3.8, 4) is 0 Å². The van der Waals surface area contributed by atoms with Crippen LogP contribution in [-0.4, -0.2) is 19.8 Å². The highest BCUT2D eigenvalue weighted by Gasteiger charge is 2.10. The quantitative estimate of drug-likeness (QED) is 0.337. The first kappa shape index (κ1) is 18.9. The van der Waals surface area contributed by atoms with Crippen molar-refractivity contribution < 1.29 is 9.31 Å². The fourth-order valence-corrected chi connectivity index (χ4v) is 2.94. The largest absolute Gasteiger partial charge is 0.332 e. The van der Waals surface area contributed by atoms with E-state index >= 15 is 0 Å². The van der Waals surface area contributed by atoms with Crippen molar-refractivity contribution in [3.05, 3.63) is 80.7 Å². The van der Waals surface area contributed by atoms with Crippen LogP contribution >= 0.6 is 28.1 Å². The molecule has 1 aromatic heterocycles. The van der Waals surface area contributed by atoms with E-state index in [1.807, 2.05) is 0 Å². The maximum atomic E-state index is 13.0. The number of nitro groups is 1. The molecule has 0 amide bonds. The Bertz CT molecular complexity index is 993. The number of nitro benzene ring substituents is 1. The zero-order chi connectivity index (χ0) is 19.4. The lowest BCUT2D eigenvalue weighted by Crippen LogP contribution is -2.19. The van der Waals surface area contributed by atoms with Crippen LogP contribution in [-0.2, 0) is 6.54 Å². The van der Waals surface area contributed by atoms with Gasteiger partial charge in [0.1, 0.15) is 5.82 Å². The van der Waals surface area contributed by atoms with E-state index < -0.39 is 4.92 Å². The van der Waals surface area contributed by atoms with Crippen LogP contribution in [0.2, 0.25) is 0 Å². The second-order valence-corrected chi connectivity index (χ2v) is 6.80. The van der Waals surface area contributed by atoms with Crippen molar-refractivity contribution in [2.75, 3.05) is 10.6 Å². The van der Waals surface area contributed by atoms with Gasteiger partial charge in [0.2, 0.25) is 0 Å². The Hall–Kier alpha value is -2.85. The fourth-order valence-electron chi connectivity index (χ4n) is 2.31. The second kappa shape index (κ2) is 8.23. The molecule has 0 fully saturated rings. The van der Waals surface area contributed by atoms with Gasteiger partial charge in [-0.1, -0.05) is 18.2 Å². The second-order valence-electron chi connectivity index (χ2n) is 5.54. The standard InChI is InChI=1S/C17H13BrFN5O2S/c18-15-10-23(9-11-4-6-12(19)7-5-11)22-16(15)21-17(27)20-13-2-1-3-14(8-13)24(25)26/h1-8,10H,9H2,(H2,20,21,22,27). The summed E-state index contributed by atoms with van der Waals surface area (Å²) in [6.07, 6.45) is 1.77. The Balaban J connectivity index is 1.66. The third-order valence-corrected chi connectivity index (χ3v) is 4.31. The molecule has 0 saturated heterocycles. The highest BCUT2D eigenvalue weighted by Crippen LogP contribution is 2.22. The van der Waals surface area contributed by atoms with E-state index in [0.717, 1.165) is 5.56 Å².